The number of likely N-dealkylation sites (tertiary alicyclic amines) is 1. The molecule has 2 aromatic rings. The van der Waals surface area contributed by atoms with Gasteiger partial charge >= 0.3 is 0 Å². The molecule has 2 aliphatic rings. The van der Waals surface area contributed by atoms with Crippen LogP contribution < -0.4 is 4.90 Å². The van der Waals surface area contributed by atoms with E-state index in [2.05, 4.69) is 28.7 Å². The van der Waals surface area contributed by atoms with Crippen LogP contribution in [-0.2, 0) is 23.2 Å². The van der Waals surface area contributed by atoms with Crippen molar-refractivity contribution in [3.8, 4) is 0 Å². The quantitative estimate of drug-likeness (QED) is 0.848. The molecule has 1 fully saturated rings. The van der Waals surface area contributed by atoms with Crippen LogP contribution in [0.1, 0.15) is 42.4 Å². The highest BCUT2D eigenvalue weighted by Crippen LogP contribution is 2.36. The molecule has 1 atom stereocenters. The lowest BCUT2D eigenvalue weighted by atomic mass is 9.80. The molecule has 4 heterocycles. The van der Waals surface area contributed by atoms with Crippen LogP contribution in [0.3, 0.4) is 0 Å². The first-order valence-electron chi connectivity index (χ1n) is 8.84. The van der Waals surface area contributed by atoms with Gasteiger partial charge in [0.1, 0.15) is 11.6 Å². The second kappa shape index (κ2) is 6.18. The standard InChI is InChI=1S/C19H24N4OS/c1-13-15-9-16(24)22(3)17(15)21-18(20-13)19(2)6-4-7-23(12-19)10-14-5-8-25-11-14/h5,8,11H,4,6-7,9-10,12H2,1-3H3/t19-/m0/s1. The number of amides is 1. The molecule has 132 valence electrons. The molecule has 0 aromatic carbocycles. The second-order valence-electron chi connectivity index (χ2n) is 7.57. The molecule has 4 rings (SSSR count). The van der Waals surface area contributed by atoms with E-state index < -0.39 is 0 Å². The molecular formula is C19H24N4OS. The number of rotatable bonds is 3. The van der Waals surface area contributed by atoms with Crippen molar-refractivity contribution in [1.82, 2.24) is 14.9 Å². The number of likely N-dealkylation sites (N-methyl/N-ethyl adjacent to an activating group) is 1. The van der Waals surface area contributed by atoms with Crippen LogP contribution in [0, 0.1) is 6.92 Å². The van der Waals surface area contributed by atoms with Gasteiger partial charge in [0.25, 0.3) is 0 Å². The number of thiophene rings is 1. The van der Waals surface area contributed by atoms with E-state index in [-0.39, 0.29) is 11.3 Å². The minimum atomic E-state index is -0.0689. The second-order valence-corrected chi connectivity index (χ2v) is 8.35. The summed E-state index contributed by atoms with van der Waals surface area (Å²) in [5.74, 6) is 1.81. The molecule has 0 aliphatic carbocycles. The van der Waals surface area contributed by atoms with Gasteiger partial charge in [-0.05, 0) is 48.7 Å². The van der Waals surface area contributed by atoms with Gasteiger partial charge in [-0.2, -0.15) is 11.3 Å². The fourth-order valence-corrected chi connectivity index (χ4v) is 4.69. The van der Waals surface area contributed by atoms with E-state index in [1.165, 1.54) is 5.56 Å². The van der Waals surface area contributed by atoms with E-state index in [4.69, 9.17) is 9.97 Å². The van der Waals surface area contributed by atoms with E-state index in [0.29, 0.717) is 6.42 Å². The molecule has 0 unspecified atom stereocenters. The number of anilines is 1. The number of piperidine rings is 1. The molecule has 6 heteroatoms. The van der Waals surface area contributed by atoms with Gasteiger partial charge in [0, 0.05) is 36.8 Å². The largest absolute Gasteiger partial charge is 0.299 e. The average molecular weight is 356 g/mol. The number of aromatic nitrogens is 2. The van der Waals surface area contributed by atoms with Crippen LogP contribution in [0.4, 0.5) is 5.82 Å². The maximum atomic E-state index is 12.0. The zero-order chi connectivity index (χ0) is 17.6. The molecule has 0 bridgehead atoms. The first kappa shape index (κ1) is 16.7. The van der Waals surface area contributed by atoms with Crippen LogP contribution in [-0.4, -0.2) is 40.9 Å². The van der Waals surface area contributed by atoms with Crippen molar-refractivity contribution >= 4 is 23.1 Å². The van der Waals surface area contributed by atoms with Crippen LogP contribution >= 0.6 is 11.3 Å². The van der Waals surface area contributed by atoms with Crippen molar-refractivity contribution in [1.29, 1.82) is 0 Å². The molecule has 2 aliphatic heterocycles. The van der Waals surface area contributed by atoms with Crippen molar-refractivity contribution in [3.05, 3.63) is 39.5 Å². The third-order valence-electron chi connectivity index (χ3n) is 5.51. The van der Waals surface area contributed by atoms with Crippen LogP contribution in [0.15, 0.2) is 16.8 Å². The maximum absolute atomic E-state index is 12.0. The van der Waals surface area contributed by atoms with E-state index in [1.807, 2.05) is 14.0 Å². The Kier molecular flexibility index (Phi) is 4.12. The highest BCUT2D eigenvalue weighted by atomic mass is 32.1. The molecule has 0 N–H and O–H groups in total. The van der Waals surface area contributed by atoms with Crippen molar-refractivity contribution < 1.29 is 4.79 Å². The summed E-state index contributed by atoms with van der Waals surface area (Å²) in [7, 11) is 1.82. The first-order chi connectivity index (χ1) is 12.0. The number of carbonyl (C=O) groups is 1. The SMILES string of the molecule is Cc1nc([C@@]2(C)CCCN(Cc3ccsc3)C2)nc2c1CC(=O)N2C. The van der Waals surface area contributed by atoms with Crippen molar-refractivity contribution in [3.63, 3.8) is 0 Å². The Labute approximate surface area is 152 Å². The lowest BCUT2D eigenvalue weighted by Gasteiger charge is -2.39. The molecule has 2 aromatic heterocycles. The Morgan fingerprint density at radius 2 is 2.20 bits per heavy atom. The third-order valence-corrected chi connectivity index (χ3v) is 6.25. The molecule has 0 saturated carbocycles. The van der Waals surface area contributed by atoms with Crippen LogP contribution in [0.2, 0.25) is 0 Å². The fourth-order valence-electron chi connectivity index (χ4n) is 4.03. The van der Waals surface area contributed by atoms with Gasteiger partial charge in [0.2, 0.25) is 5.91 Å². The van der Waals surface area contributed by atoms with Crippen LogP contribution in [0.5, 0.6) is 0 Å². The molecule has 25 heavy (non-hydrogen) atoms. The predicted octanol–water partition coefficient (Wildman–Crippen LogP) is 2.92. The van der Waals surface area contributed by atoms with Crippen molar-refractivity contribution in [2.45, 2.75) is 45.1 Å². The van der Waals surface area contributed by atoms with Gasteiger partial charge < -0.3 is 0 Å². The lowest BCUT2D eigenvalue weighted by Crippen LogP contribution is -2.45. The summed E-state index contributed by atoms with van der Waals surface area (Å²) in [6, 6.07) is 2.20. The average Bonchev–Trinajstić information content (AvgIpc) is 3.18. The van der Waals surface area contributed by atoms with Gasteiger partial charge in [-0.15, -0.1) is 0 Å². The summed E-state index contributed by atoms with van der Waals surface area (Å²) in [4.78, 5) is 25.9. The Balaban J connectivity index is 1.62. The zero-order valence-corrected chi connectivity index (χ0v) is 15.9. The number of hydrogen-bond donors (Lipinski definition) is 0. The van der Waals surface area contributed by atoms with Crippen molar-refractivity contribution in [2.24, 2.45) is 0 Å². The zero-order valence-electron chi connectivity index (χ0n) is 15.1. The van der Waals surface area contributed by atoms with E-state index in [9.17, 15) is 4.79 Å². The molecule has 0 spiro atoms. The summed E-state index contributed by atoms with van der Waals surface area (Å²) in [6.07, 6.45) is 2.66. The third kappa shape index (κ3) is 2.98. The Hall–Kier alpha value is -1.79. The van der Waals surface area contributed by atoms with Crippen molar-refractivity contribution in [2.75, 3.05) is 25.0 Å². The molecular weight excluding hydrogens is 332 g/mol. The minimum absolute atomic E-state index is 0.0689. The highest BCUT2D eigenvalue weighted by molar-refractivity contribution is 7.07. The van der Waals surface area contributed by atoms with Gasteiger partial charge in [0.05, 0.1) is 6.42 Å². The summed E-state index contributed by atoms with van der Waals surface area (Å²) in [5.41, 5.74) is 3.26. The summed E-state index contributed by atoms with van der Waals surface area (Å²) in [5, 5.41) is 4.36. The maximum Gasteiger partial charge on any atom is 0.232 e. The van der Waals surface area contributed by atoms with E-state index in [0.717, 1.165) is 55.4 Å². The molecule has 1 saturated heterocycles. The summed E-state index contributed by atoms with van der Waals surface area (Å²) in [6.45, 7) is 7.34. The van der Waals surface area contributed by atoms with Gasteiger partial charge in [-0.1, -0.05) is 6.92 Å². The minimum Gasteiger partial charge on any atom is -0.299 e. The first-order valence-corrected chi connectivity index (χ1v) is 9.78. The fraction of sp³-hybridized carbons (Fsp3) is 0.526. The van der Waals surface area contributed by atoms with Gasteiger partial charge in [0.15, 0.2) is 0 Å². The molecule has 5 nitrogen and oxygen atoms in total. The normalized spacial score (nSPS) is 24.0. The van der Waals surface area contributed by atoms with Crippen LogP contribution in [0.25, 0.3) is 0 Å². The molecule has 0 radical (unpaired) electrons. The number of fused-ring (bicyclic) bond motifs is 1. The van der Waals surface area contributed by atoms with Gasteiger partial charge in [-0.3, -0.25) is 14.6 Å². The Morgan fingerprint density at radius 3 is 2.96 bits per heavy atom. The number of carbonyl (C=O) groups excluding carboxylic acids is 1. The topological polar surface area (TPSA) is 49.3 Å². The number of hydrogen-bond acceptors (Lipinski definition) is 5. The number of nitrogens with zero attached hydrogens (tertiary/aromatic N) is 4. The summed E-state index contributed by atoms with van der Waals surface area (Å²) >= 11 is 1.75. The Bertz CT molecular complexity index is 804. The molecule has 1 amide bonds. The predicted molar refractivity (Wildman–Crippen MR) is 100 cm³/mol. The smallest absolute Gasteiger partial charge is 0.232 e. The van der Waals surface area contributed by atoms with Gasteiger partial charge in [-0.25, -0.2) is 9.97 Å². The summed E-state index contributed by atoms with van der Waals surface area (Å²) < 4.78 is 0. The van der Waals surface area contributed by atoms with E-state index in [1.54, 1.807) is 16.2 Å². The highest BCUT2D eigenvalue weighted by Gasteiger charge is 2.38. The van der Waals surface area contributed by atoms with E-state index >= 15 is 0 Å². The Morgan fingerprint density at radius 1 is 1.36 bits per heavy atom. The number of aryl methyl sites for hydroxylation is 1. The monoisotopic (exact) mass is 356 g/mol. The lowest BCUT2D eigenvalue weighted by molar-refractivity contribution is -0.117.